The second-order valence-corrected chi connectivity index (χ2v) is 9.72. The maximum absolute atomic E-state index is 13.7. The molecule has 6 heteroatoms. The van der Waals surface area contributed by atoms with Crippen LogP contribution >= 0.6 is 23.4 Å². The number of nitrogens with zero attached hydrogens (tertiary/aromatic N) is 1. The van der Waals surface area contributed by atoms with Crippen molar-refractivity contribution >= 4 is 40.9 Å². The Morgan fingerprint density at radius 1 is 1.00 bits per heavy atom. The van der Waals surface area contributed by atoms with Gasteiger partial charge in [0.1, 0.15) is 0 Å². The molecule has 3 aromatic carbocycles. The smallest absolute Gasteiger partial charge is 0.256 e. The van der Waals surface area contributed by atoms with Crippen molar-refractivity contribution in [1.82, 2.24) is 4.90 Å². The molecule has 32 heavy (non-hydrogen) atoms. The molecule has 0 saturated heterocycles. The van der Waals surface area contributed by atoms with Crippen LogP contribution < -0.4 is 5.32 Å². The zero-order chi connectivity index (χ0) is 22.1. The fraction of sp³-hybridized carbons (Fsp3) is 0.231. The number of anilines is 1. The van der Waals surface area contributed by atoms with Gasteiger partial charge in [0.25, 0.3) is 11.8 Å². The average Bonchev–Trinajstić information content (AvgIpc) is 3.29. The Morgan fingerprint density at radius 3 is 2.56 bits per heavy atom. The van der Waals surface area contributed by atoms with E-state index in [9.17, 15) is 9.59 Å². The third-order valence-corrected chi connectivity index (χ3v) is 7.67. The van der Waals surface area contributed by atoms with Crippen LogP contribution in [-0.2, 0) is 6.54 Å². The Labute approximate surface area is 197 Å². The predicted molar refractivity (Wildman–Crippen MR) is 129 cm³/mol. The van der Waals surface area contributed by atoms with E-state index in [2.05, 4.69) is 5.32 Å². The van der Waals surface area contributed by atoms with Crippen molar-refractivity contribution in [1.29, 1.82) is 0 Å². The van der Waals surface area contributed by atoms with Crippen LogP contribution in [-0.4, -0.2) is 22.8 Å². The van der Waals surface area contributed by atoms with Gasteiger partial charge in [-0.1, -0.05) is 66.5 Å². The van der Waals surface area contributed by atoms with Crippen LogP contribution in [0.25, 0.3) is 0 Å². The molecule has 3 aromatic rings. The van der Waals surface area contributed by atoms with E-state index in [1.54, 1.807) is 11.8 Å². The Balaban J connectivity index is 1.46. The van der Waals surface area contributed by atoms with E-state index in [0.29, 0.717) is 28.4 Å². The molecular formula is C26H23ClN2O2S. The summed E-state index contributed by atoms with van der Waals surface area (Å²) in [6.45, 7) is 0.479. The normalized spacial score (nSPS) is 15.5. The molecule has 1 aliphatic heterocycles. The number of carbonyl (C=O) groups excluding carboxylic acids is 2. The molecular weight excluding hydrogens is 440 g/mol. The van der Waals surface area contributed by atoms with E-state index in [0.717, 1.165) is 41.0 Å². The second kappa shape index (κ2) is 9.00. The summed E-state index contributed by atoms with van der Waals surface area (Å²) in [5.74, 6) is -0.180. The summed E-state index contributed by atoms with van der Waals surface area (Å²) < 4.78 is 0. The molecule has 0 radical (unpaired) electrons. The highest BCUT2D eigenvalue weighted by molar-refractivity contribution is 7.99. The minimum atomic E-state index is -0.153. The fourth-order valence-electron chi connectivity index (χ4n) is 4.46. The lowest BCUT2D eigenvalue weighted by Gasteiger charge is -2.30. The van der Waals surface area contributed by atoms with Gasteiger partial charge in [-0.25, -0.2) is 0 Å². The summed E-state index contributed by atoms with van der Waals surface area (Å²) in [6.07, 6.45) is 4.27. The molecule has 1 saturated carbocycles. The average molecular weight is 463 g/mol. The quantitative estimate of drug-likeness (QED) is 0.472. The maximum Gasteiger partial charge on any atom is 0.256 e. The Bertz CT molecular complexity index is 1190. The number of hydrogen-bond donors (Lipinski definition) is 1. The molecule has 0 spiro atoms. The molecule has 1 fully saturated rings. The molecule has 2 aliphatic rings. The van der Waals surface area contributed by atoms with E-state index in [4.69, 9.17) is 11.6 Å². The van der Waals surface area contributed by atoms with E-state index in [-0.39, 0.29) is 17.9 Å². The van der Waals surface area contributed by atoms with Gasteiger partial charge in [-0.15, -0.1) is 0 Å². The zero-order valence-electron chi connectivity index (χ0n) is 17.5. The van der Waals surface area contributed by atoms with Crippen molar-refractivity contribution < 1.29 is 9.59 Å². The maximum atomic E-state index is 13.7. The summed E-state index contributed by atoms with van der Waals surface area (Å²) >= 11 is 7.95. The first-order valence-electron chi connectivity index (χ1n) is 10.9. The fourth-order valence-corrected chi connectivity index (χ4v) is 5.67. The summed E-state index contributed by atoms with van der Waals surface area (Å²) in [4.78, 5) is 30.2. The highest BCUT2D eigenvalue weighted by Gasteiger charge is 2.29. The number of fused-ring (bicyclic) bond motifs is 2. The molecule has 1 heterocycles. The largest absolute Gasteiger partial charge is 0.331 e. The van der Waals surface area contributed by atoms with E-state index >= 15 is 0 Å². The van der Waals surface area contributed by atoms with Gasteiger partial charge in [0.05, 0.1) is 11.3 Å². The summed E-state index contributed by atoms with van der Waals surface area (Å²) in [5, 5.41) is 3.66. The van der Waals surface area contributed by atoms with Crippen LogP contribution in [0.15, 0.2) is 76.5 Å². The first-order valence-corrected chi connectivity index (χ1v) is 12.1. The van der Waals surface area contributed by atoms with Crippen LogP contribution in [0.3, 0.4) is 0 Å². The van der Waals surface area contributed by atoms with E-state index in [1.807, 2.05) is 71.6 Å². The van der Waals surface area contributed by atoms with Crippen molar-refractivity contribution in [2.45, 2.75) is 48.1 Å². The lowest BCUT2D eigenvalue weighted by atomic mass is 10.1. The molecule has 0 atom stereocenters. The standard InChI is InChI=1S/C26H23ClN2O2S/c27-21-11-5-1-7-18(21)16-29(19-8-2-3-9-19)26(31)17-13-14-24-22(15-17)28-25(30)20-10-4-6-12-23(20)32-24/h1,4-7,10-15,19H,2-3,8-9,16H2,(H,28,30). The van der Waals surface area contributed by atoms with Gasteiger partial charge in [0, 0.05) is 33.0 Å². The van der Waals surface area contributed by atoms with E-state index in [1.165, 1.54) is 0 Å². The summed E-state index contributed by atoms with van der Waals surface area (Å²) in [5.41, 5.74) is 2.84. The lowest BCUT2D eigenvalue weighted by molar-refractivity contribution is 0.0664. The number of halogens is 1. The van der Waals surface area contributed by atoms with Gasteiger partial charge in [-0.2, -0.15) is 0 Å². The highest BCUT2D eigenvalue weighted by Crippen LogP contribution is 2.39. The topological polar surface area (TPSA) is 49.4 Å². The molecule has 0 aromatic heterocycles. The molecule has 5 rings (SSSR count). The monoisotopic (exact) mass is 462 g/mol. The third kappa shape index (κ3) is 4.15. The number of hydrogen-bond acceptors (Lipinski definition) is 3. The first-order chi connectivity index (χ1) is 15.6. The van der Waals surface area contributed by atoms with Crippen LogP contribution in [0, 0.1) is 0 Å². The van der Waals surface area contributed by atoms with Crippen molar-refractivity contribution in [2.24, 2.45) is 0 Å². The van der Waals surface area contributed by atoms with Crippen molar-refractivity contribution in [3.8, 4) is 0 Å². The number of carbonyl (C=O) groups is 2. The minimum Gasteiger partial charge on any atom is -0.331 e. The van der Waals surface area contributed by atoms with Crippen LogP contribution in [0.2, 0.25) is 5.02 Å². The second-order valence-electron chi connectivity index (χ2n) is 8.23. The van der Waals surface area contributed by atoms with Gasteiger partial charge < -0.3 is 10.2 Å². The number of benzene rings is 3. The first kappa shape index (κ1) is 21.1. The Kier molecular flexibility index (Phi) is 5.94. The molecule has 0 bridgehead atoms. The van der Waals surface area contributed by atoms with Gasteiger partial charge in [-0.05, 0) is 54.8 Å². The predicted octanol–water partition coefficient (Wildman–Crippen LogP) is 6.64. The molecule has 1 N–H and O–H groups in total. The third-order valence-electron chi connectivity index (χ3n) is 6.15. The highest BCUT2D eigenvalue weighted by atomic mass is 35.5. The van der Waals surface area contributed by atoms with Gasteiger partial charge in [0.2, 0.25) is 0 Å². The Morgan fingerprint density at radius 2 is 1.75 bits per heavy atom. The lowest BCUT2D eigenvalue weighted by Crippen LogP contribution is -2.38. The Hall–Kier alpha value is -2.76. The summed E-state index contributed by atoms with van der Waals surface area (Å²) in [6, 6.07) is 21.0. The van der Waals surface area contributed by atoms with E-state index < -0.39 is 0 Å². The molecule has 2 amide bonds. The van der Waals surface area contributed by atoms with Crippen molar-refractivity contribution in [3.63, 3.8) is 0 Å². The van der Waals surface area contributed by atoms with Crippen LogP contribution in [0.1, 0.15) is 52.0 Å². The van der Waals surface area contributed by atoms with Gasteiger partial charge in [0.15, 0.2) is 0 Å². The molecule has 1 aliphatic carbocycles. The molecule has 0 unspecified atom stereocenters. The molecule has 4 nitrogen and oxygen atoms in total. The molecule has 162 valence electrons. The number of rotatable bonds is 4. The number of amides is 2. The van der Waals surface area contributed by atoms with Crippen molar-refractivity contribution in [2.75, 3.05) is 5.32 Å². The van der Waals surface area contributed by atoms with Crippen LogP contribution in [0.4, 0.5) is 5.69 Å². The van der Waals surface area contributed by atoms with Crippen molar-refractivity contribution in [3.05, 3.63) is 88.4 Å². The zero-order valence-corrected chi connectivity index (χ0v) is 19.1. The van der Waals surface area contributed by atoms with Gasteiger partial charge in [-0.3, -0.25) is 9.59 Å². The van der Waals surface area contributed by atoms with Gasteiger partial charge >= 0.3 is 0 Å². The minimum absolute atomic E-state index is 0.0272. The number of nitrogens with one attached hydrogen (secondary N) is 1. The van der Waals surface area contributed by atoms with Crippen LogP contribution in [0.5, 0.6) is 0 Å². The summed E-state index contributed by atoms with van der Waals surface area (Å²) in [7, 11) is 0. The SMILES string of the molecule is O=C1Nc2cc(C(=O)N(Cc3ccccc3Cl)C3CCCC3)ccc2Sc2ccccc21.